The van der Waals surface area contributed by atoms with Gasteiger partial charge in [-0.3, -0.25) is 0 Å². The van der Waals surface area contributed by atoms with Gasteiger partial charge in [-0.2, -0.15) is 11.3 Å². The van der Waals surface area contributed by atoms with Crippen LogP contribution in [-0.4, -0.2) is 17.3 Å². The molecule has 1 aliphatic rings. The molecule has 1 atom stereocenters. The first-order valence-electron chi connectivity index (χ1n) is 4.41. The van der Waals surface area contributed by atoms with E-state index in [1.54, 1.807) is 11.3 Å². The van der Waals surface area contributed by atoms with E-state index >= 15 is 0 Å². The van der Waals surface area contributed by atoms with Crippen LogP contribution in [0.4, 0.5) is 0 Å². The van der Waals surface area contributed by atoms with Crippen molar-refractivity contribution in [2.45, 2.75) is 31.5 Å². The van der Waals surface area contributed by atoms with E-state index in [2.05, 4.69) is 0 Å². The highest BCUT2D eigenvalue weighted by Crippen LogP contribution is 2.40. The summed E-state index contributed by atoms with van der Waals surface area (Å²) in [5.74, 6) is 0. The molecule has 13 heavy (non-hydrogen) atoms. The molecule has 1 N–H and O–H groups in total. The van der Waals surface area contributed by atoms with Gasteiger partial charge in [0, 0.05) is 6.42 Å². The van der Waals surface area contributed by atoms with Crippen LogP contribution < -0.4 is 0 Å². The summed E-state index contributed by atoms with van der Waals surface area (Å²) in [5.41, 5.74) is 0.0308. The second kappa shape index (κ2) is 2.80. The van der Waals surface area contributed by atoms with Crippen LogP contribution in [0, 0.1) is 0 Å². The minimum Gasteiger partial charge on any atom is -0.383 e. The lowest BCUT2D eigenvalue weighted by Gasteiger charge is -2.21. The van der Waals surface area contributed by atoms with E-state index in [0.29, 0.717) is 13.0 Å². The van der Waals surface area contributed by atoms with Crippen LogP contribution in [-0.2, 0) is 10.3 Å². The van der Waals surface area contributed by atoms with Crippen molar-refractivity contribution in [3.8, 4) is 0 Å². The van der Waals surface area contributed by atoms with E-state index in [-0.39, 0.29) is 5.60 Å². The molecule has 1 aromatic heterocycles. The Labute approximate surface area is 82.2 Å². The van der Waals surface area contributed by atoms with Crippen molar-refractivity contribution < 1.29 is 9.84 Å². The Morgan fingerprint density at radius 2 is 2.31 bits per heavy atom. The van der Waals surface area contributed by atoms with Gasteiger partial charge in [0.2, 0.25) is 0 Å². The lowest BCUT2D eigenvalue weighted by atomic mass is 9.89. The SMILES string of the molecule is CC1(C)CC(O)(c2ccsc2)CO1. The molecule has 1 aromatic rings. The normalized spacial score (nSPS) is 32.2. The van der Waals surface area contributed by atoms with Gasteiger partial charge in [-0.15, -0.1) is 0 Å². The molecule has 72 valence electrons. The van der Waals surface area contributed by atoms with Crippen LogP contribution in [0.15, 0.2) is 16.8 Å². The standard InChI is InChI=1S/C10H14O2S/c1-9(2)6-10(11,7-12-9)8-3-4-13-5-8/h3-5,11H,6-7H2,1-2H3. The van der Waals surface area contributed by atoms with Crippen molar-refractivity contribution in [2.24, 2.45) is 0 Å². The van der Waals surface area contributed by atoms with Crippen molar-refractivity contribution in [2.75, 3.05) is 6.61 Å². The molecule has 1 saturated heterocycles. The maximum atomic E-state index is 10.3. The third-order valence-electron chi connectivity index (χ3n) is 2.48. The zero-order valence-corrected chi connectivity index (χ0v) is 8.73. The van der Waals surface area contributed by atoms with Crippen molar-refractivity contribution >= 4 is 11.3 Å². The summed E-state index contributed by atoms with van der Waals surface area (Å²) in [6, 6.07) is 1.97. The summed E-state index contributed by atoms with van der Waals surface area (Å²) in [5, 5.41) is 14.2. The van der Waals surface area contributed by atoms with Gasteiger partial charge in [0.1, 0.15) is 5.60 Å². The Balaban J connectivity index is 2.25. The molecule has 2 rings (SSSR count). The van der Waals surface area contributed by atoms with Crippen LogP contribution in [0.25, 0.3) is 0 Å². The highest BCUT2D eigenvalue weighted by molar-refractivity contribution is 7.08. The Bertz CT molecular complexity index is 292. The molecule has 1 aliphatic heterocycles. The molecule has 0 saturated carbocycles. The minimum absolute atomic E-state index is 0.198. The van der Waals surface area contributed by atoms with Gasteiger partial charge in [0.25, 0.3) is 0 Å². The van der Waals surface area contributed by atoms with Crippen molar-refractivity contribution in [3.63, 3.8) is 0 Å². The van der Waals surface area contributed by atoms with Gasteiger partial charge in [-0.25, -0.2) is 0 Å². The molecule has 1 unspecified atom stereocenters. The molecular formula is C10H14O2S. The topological polar surface area (TPSA) is 29.5 Å². The summed E-state index contributed by atoms with van der Waals surface area (Å²) in [7, 11) is 0. The van der Waals surface area contributed by atoms with E-state index in [9.17, 15) is 5.11 Å². The van der Waals surface area contributed by atoms with Crippen LogP contribution in [0.1, 0.15) is 25.8 Å². The van der Waals surface area contributed by atoms with Crippen LogP contribution in [0.5, 0.6) is 0 Å². The number of hydrogen-bond acceptors (Lipinski definition) is 3. The average molecular weight is 198 g/mol. The van der Waals surface area contributed by atoms with E-state index in [0.717, 1.165) is 5.56 Å². The summed E-state index contributed by atoms with van der Waals surface area (Å²) >= 11 is 1.61. The molecule has 0 aliphatic carbocycles. The highest BCUT2D eigenvalue weighted by Gasteiger charge is 2.44. The van der Waals surface area contributed by atoms with E-state index in [4.69, 9.17) is 4.74 Å². The monoisotopic (exact) mass is 198 g/mol. The smallest absolute Gasteiger partial charge is 0.116 e. The molecule has 0 radical (unpaired) electrons. The predicted molar refractivity (Wildman–Crippen MR) is 52.9 cm³/mol. The summed E-state index contributed by atoms with van der Waals surface area (Å²) < 4.78 is 5.53. The van der Waals surface area contributed by atoms with Gasteiger partial charge in [-0.05, 0) is 36.2 Å². The van der Waals surface area contributed by atoms with Gasteiger partial charge < -0.3 is 9.84 Å². The zero-order chi connectivity index (χ0) is 9.53. The van der Waals surface area contributed by atoms with Gasteiger partial charge in [-0.1, -0.05) is 0 Å². The fourth-order valence-corrected chi connectivity index (χ4v) is 2.58. The lowest BCUT2D eigenvalue weighted by Crippen LogP contribution is -2.27. The Morgan fingerprint density at radius 1 is 1.54 bits per heavy atom. The van der Waals surface area contributed by atoms with Crippen molar-refractivity contribution in [1.82, 2.24) is 0 Å². The summed E-state index contributed by atoms with van der Waals surface area (Å²) in [4.78, 5) is 0. The molecule has 0 spiro atoms. The Hall–Kier alpha value is -0.380. The number of hydrogen-bond donors (Lipinski definition) is 1. The van der Waals surface area contributed by atoms with Gasteiger partial charge in [0.15, 0.2) is 0 Å². The molecule has 0 amide bonds. The number of aliphatic hydroxyl groups is 1. The fourth-order valence-electron chi connectivity index (χ4n) is 1.84. The number of thiophene rings is 1. The second-order valence-corrected chi connectivity index (χ2v) is 5.05. The van der Waals surface area contributed by atoms with E-state index in [1.807, 2.05) is 30.7 Å². The van der Waals surface area contributed by atoms with E-state index in [1.165, 1.54) is 0 Å². The average Bonchev–Trinajstić information content (AvgIpc) is 2.58. The number of rotatable bonds is 1. The minimum atomic E-state index is -0.760. The maximum absolute atomic E-state index is 10.3. The summed E-state index contributed by atoms with van der Waals surface area (Å²) in [6.45, 7) is 4.44. The molecule has 0 aromatic carbocycles. The van der Waals surface area contributed by atoms with Crippen LogP contribution >= 0.6 is 11.3 Å². The van der Waals surface area contributed by atoms with Crippen LogP contribution in [0.3, 0.4) is 0 Å². The first kappa shape index (κ1) is 9.19. The first-order valence-corrected chi connectivity index (χ1v) is 5.35. The second-order valence-electron chi connectivity index (χ2n) is 4.27. The molecule has 3 heteroatoms. The first-order chi connectivity index (χ1) is 6.02. The third-order valence-corrected chi connectivity index (χ3v) is 3.16. The van der Waals surface area contributed by atoms with Crippen LogP contribution in [0.2, 0.25) is 0 Å². The summed E-state index contributed by atoms with van der Waals surface area (Å²) in [6.07, 6.45) is 0.677. The molecule has 2 heterocycles. The number of ether oxygens (including phenoxy) is 1. The molecule has 2 nitrogen and oxygen atoms in total. The Morgan fingerprint density at radius 3 is 2.77 bits per heavy atom. The predicted octanol–water partition coefficient (Wildman–Crippen LogP) is 2.13. The molecular weight excluding hydrogens is 184 g/mol. The largest absolute Gasteiger partial charge is 0.383 e. The maximum Gasteiger partial charge on any atom is 0.116 e. The van der Waals surface area contributed by atoms with Gasteiger partial charge >= 0.3 is 0 Å². The molecule has 0 bridgehead atoms. The zero-order valence-electron chi connectivity index (χ0n) is 7.91. The quantitative estimate of drug-likeness (QED) is 0.749. The van der Waals surface area contributed by atoms with E-state index < -0.39 is 5.60 Å². The third kappa shape index (κ3) is 1.64. The van der Waals surface area contributed by atoms with Gasteiger partial charge in [0.05, 0.1) is 12.2 Å². The van der Waals surface area contributed by atoms with Crippen molar-refractivity contribution in [1.29, 1.82) is 0 Å². The van der Waals surface area contributed by atoms with Crippen molar-refractivity contribution in [3.05, 3.63) is 22.4 Å². The lowest BCUT2D eigenvalue weighted by molar-refractivity contribution is 0.00377. The molecule has 1 fully saturated rings. The highest BCUT2D eigenvalue weighted by atomic mass is 32.1. The Kier molecular flexibility index (Phi) is 1.98. The fraction of sp³-hybridized carbons (Fsp3) is 0.600.